The van der Waals surface area contributed by atoms with E-state index >= 15 is 0 Å². The number of pyridine rings is 1. The molecule has 0 amide bonds. The first-order valence-electron chi connectivity index (χ1n) is 7.37. The van der Waals surface area contributed by atoms with Crippen LogP contribution in [0.25, 0.3) is 0 Å². The van der Waals surface area contributed by atoms with E-state index in [4.69, 9.17) is 0 Å². The van der Waals surface area contributed by atoms with Crippen molar-refractivity contribution in [2.24, 2.45) is 0 Å². The fourth-order valence-corrected chi connectivity index (χ4v) is 3.13. The van der Waals surface area contributed by atoms with Gasteiger partial charge in [-0.1, -0.05) is 13.0 Å². The maximum atomic E-state index is 4.33. The van der Waals surface area contributed by atoms with E-state index in [0.29, 0.717) is 6.04 Å². The van der Waals surface area contributed by atoms with Gasteiger partial charge in [0.05, 0.1) is 0 Å². The zero-order chi connectivity index (χ0) is 13.3. The molecule has 0 radical (unpaired) electrons. The van der Waals surface area contributed by atoms with Crippen molar-refractivity contribution in [1.29, 1.82) is 0 Å². The molecule has 1 aromatic rings. The lowest BCUT2D eigenvalue weighted by Gasteiger charge is -2.30. The minimum absolute atomic E-state index is 0.595. The smallest absolute Gasteiger partial charge is 0.126 e. The molecule has 0 unspecified atom stereocenters. The van der Waals surface area contributed by atoms with E-state index in [0.717, 1.165) is 18.4 Å². The summed E-state index contributed by atoms with van der Waals surface area (Å²) in [6.45, 7) is 3.38. The van der Waals surface area contributed by atoms with Crippen LogP contribution in [-0.4, -0.2) is 35.1 Å². The molecule has 0 saturated heterocycles. The number of thioether (sulfide) groups is 1. The Hall–Kier alpha value is -0.740. The van der Waals surface area contributed by atoms with E-state index in [1.54, 1.807) is 0 Å². The van der Waals surface area contributed by atoms with Gasteiger partial charge in [0.1, 0.15) is 5.82 Å². The molecule has 0 atom stereocenters. The van der Waals surface area contributed by atoms with Crippen molar-refractivity contribution in [3.63, 3.8) is 0 Å². The van der Waals surface area contributed by atoms with Gasteiger partial charge in [-0.3, -0.25) is 0 Å². The van der Waals surface area contributed by atoms with Crippen LogP contribution in [0.15, 0.2) is 24.4 Å². The van der Waals surface area contributed by atoms with Crippen LogP contribution >= 0.6 is 11.8 Å². The molecule has 1 aromatic heterocycles. The number of aromatic nitrogens is 1. The van der Waals surface area contributed by atoms with Gasteiger partial charge in [0, 0.05) is 30.6 Å². The molecule has 106 valence electrons. The topological polar surface area (TPSA) is 37.0 Å². The zero-order valence-corrected chi connectivity index (χ0v) is 12.6. The van der Waals surface area contributed by atoms with E-state index in [9.17, 15) is 0 Å². The van der Waals surface area contributed by atoms with Crippen LogP contribution in [0.4, 0.5) is 5.82 Å². The average Bonchev–Trinajstić information content (AvgIpc) is 2.46. The molecule has 2 N–H and O–H groups in total. The SMILES string of the molecule is CCSCCNC1CCC(Nc2ccccn2)CC1. The molecule has 1 aliphatic rings. The first-order chi connectivity index (χ1) is 9.38. The zero-order valence-electron chi connectivity index (χ0n) is 11.8. The number of nitrogens with one attached hydrogen (secondary N) is 2. The van der Waals surface area contributed by atoms with Gasteiger partial charge in [0.25, 0.3) is 0 Å². The summed E-state index contributed by atoms with van der Waals surface area (Å²) >= 11 is 2.02. The summed E-state index contributed by atoms with van der Waals surface area (Å²) in [5.41, 5.74) is 0. The molecular formula is C15H25N3S. The van der Waals surface area contributed by atoms with Crippen molar-refractivity contribution in [1.82, 2.24) is 10.3 Å². The fourth-order valence-electron chi connectivity index (χ4n) is 2.58. The third-order valence-electron chi connectivity index (χ3n) is 3.63. The largest absolute Gasteiger partial charge is 0.367 e. The standard InChI is InChI=1S/C15H25N3S/c1-2-19-12-11-16-13-6-8-14(9-7-13)18-15-5-3-4-10-17-15/h3-5,10,13-14,16H,2,6-9,11-12H2,1H3,(H,17,18). The van der Waals surface area contributed by atoms with E-state index in [-0.39, 0.29) is 0 Å². The summed E-state index contributed by atoms with van der Waals surface area (Å²) in [7, 11) is 0. The number of hydrogen-bond acceptors (Lipinski definition) is 4. The van der Waals surface area contributed by atoms with Crippen molar-refractivity contribution >= 4 is 17.6 Å². The van der Waals surface area contributed by atoms with Gasteiger partial charge in [-0.05, 0) is 43.6 Å². The summed E-state index contributed by atoms with van der Waals surface area (Å²) in [4.78, 5) is 4.33. The van der Waals surface area contributed by atoms with Crippen molar-refractivity contribution < 1.29 is 0 Å². The molecule has 2 rings (SSSR count). The van der Waals surface area contributed by atoms with Crippen LogP contribution in [-0.2, 0) is 0 Å². The summed E-state index contributed by atoms with van der Waals surface area (Å²) in [5, 5.41) is 7.21. The highest BCUT2D eigenvalue weighted by Crippen LogP contribution is 2.21. The molecule has 1 saturated carbocycles. The summed E-state index contributed by atoms with van der Waals surface area (Å²) in [6, 6.07) is 7.36. The normalized spacial score (nSPS) is 23.2. The number of nitrogens with zero attached hydrogens (tertiary/aromatic N) is 1. The monoisotopic (exact) mass is 279 g/mol. The lowest BCUT2D eigenvalue weighted by atomic mass is 9.91. The van der Waals surface area contributed by atoms with Crippen LogP contribution in [0.5, 0.6) is 0 Å². The van der Waals surface area contributed by atoms with Crippen molar-refractivity contribution in [2.75, 3.05) is 23.4 Å². The molecule has 0 aromatic carbocycles. The molecule has 19 heavy (non-hydrogen) atoms. The lowest BCUT2D eigenvalue weighted by molar-refractivity contribution is 0.360. The first-order valence-corrected chi connectivity index (χ1v) is 8.52. The Morgan fingerprint density at radius 2 is 2.00 bits per heavy atom. The second kappa shape index (κ2) is 8.43. The highest BCUT2D eigenvalue weighted by atomic mass is 32.2. The third kappa shape index (κ3) is 5.41. The van der Waals surface area contributed by atoms with E-state index < -0.39 is 0 Å². The van der Waals surface area contributed by atoms with Crippen LogP contribution in [0, 0.1) is 0 Å². The number of rotatable bonds is 7. The van der Waals surface area contributed by atoms with Gasteiger partial charge in [0.2, 0.25) is 0 Å². The Kier molecular flexibility index (Phi) is 6.51. The summed E-state index contributed by atoms with van der Waals surface area (Å²) < 4.78 is 0. The Labute approximate surface area is 121 Å². The predicted molar refractivity (Wildman–Crippen MR) is 84.9 cm³/mol. The second-order valence-corrected chi connectivity index (χ2v) is 6.45. The minimum Gasteiger partial charge on any atom is -0.367 e. The highest BCUT2D eigenvalue weighted by molar-refractivity contribution is 7.99. The first kappa shape index (κ1) is 14.7. The van der Waals surface area contributed by atoms with E-state index in [1.165, 1.54) is 37.2 Å². The van der Waals surface area contributed by atoms with Gasteiger partial charge < -0.3 is 10.6 Å². The van der Waals surface area contributed by atoms with Gasteiger partial charge in [-0.25, -0.2) is 4.98 Å². The molecular weight excluding hydrogens is 254 g/mol. The minimum atomic E-state index is 0.595. The van der Waals surface area contributed by atoms with Gasteiger partial charge in [-0.2, -0.15) is 11.8 Å². The maximum absolute atomic E-state index is 4.33. The lowest BCUT2D eigenvalue weighted by Crippen LogP contribution is -2.38. The summed E-state index contributed by atoms with van der Waals surface area (Å²) in [5.74, 6) is 3.48. The van der Waals surface area contributed by atoms with Crippen LogP contribution < -0.4 is 10.6 Å². The van der Waals surface area contributed by atoms with Crippen LogP contribution in [0.1, 0.15) is 32.6 Å². The van der Waals surface area contributed by atoms with Crippen molar-refractivity contribution in [2.45, 2.75) is 44.7 Å². The molecule has 4 heteroatoms. The molecule has 0 bridgehead atoms. The van der Waals surface area contributed by atoms with Crippen LogP contribution in [0.2, 0.25) is 0 Å². The number of anilines is 1. The average molecular weight is 279 g/mol. The molecule has 1 fully saturated rings. The Balaban J connectivity index is 1.62. The molecule has 1 heterocycles. The quantitative estimate of drug-likeness (QED) is 0.752. The fraction of sp³-hybridized carbons (Fsp3) is 0.667. The summed E-state index contributed by atoms with van der Waals surface area (Å²) in [6.07, 6.45) is 6.90. The predicted octanol–water partition coefficient (Wildman–Crippen LogP) is 3.15. The Morgan fingerprint density at radius 1 is 1.21 bits per heavy atom. The third-order valence-corrected chi connectivity index (χ3v) is 4.53. The Morgan fingerprint density at radius 3 is 2.68 bits per heavy atom. The molecule has 1 aliphatic carbocycles. The highest BCUT2D eigenvalue weighted by Gasteiger charge is 2.20. The van der Waals surface area contributed by atoms with E-state index in [1.807, 2.05) is 36.2 Å². The molecule has 0 spiro atoms. The van der Waals surface area contributed by atoms with Gasteiger partial charge in [0.15, 0.2) is 0 Å². The number of hydrogen-bond donors (Lipinski definition) is 2. The second-order valence-electron chi connectivity index (χ2n) is 5.06. The maximum Gasteiger partial charge on any atom is 0.126 e. The van der Waals surface area contributed by atoms with Crippen molar-refractivity contribution in [3.05, 3.63) is 24.4 Å². The Bertz CT molecular complexity index is 337. The molecule has 3 nitrogen and oxygen atoms in total. The van der Waals surface area contributed by atoms with E-state index in [2.05, 4.69) is 22.5 Å². The van der Waals surface area contributed by atoms with Crippen LogP contribution in [0.3, 0.4) is 0 Å². The van der Waals surface area contributed by atoms with Gasteiger partial charge >= 0.3 is 0 Å². The van der Waals surface area contributed by atoms with Crippen molar-refractivity contribution in [3.8, 4) is 0 Å². The van der Waals surface area contributed by atoms with Gasteiger partial charge in [-0.15, -0.1) is 0 Å². The molecule has 0 aliphatic heterocycles.